The molecule has 0 spiro atoms. The molecule has 0 fully saturated rings. The van der Waals surface area contributed by atoms with Crippen molar-refractivity contribution in [1.82, 2.24) is 0 Å². The average molecular weight is 282 g/mol. The van der Waals surface area contributed by atoms with E-state index in [-0.39, 0.29) is 18.8 Å². The van der Waals surface area contributed by atoms with Crippen molar-refractivity contribution in [2.75, 3.05) is 20.5 Å². The van der Waals surface area contributed by atoms with Crippen LogP contribution in [0.2, 0.25) is 0 Å². The van der Waals surface area contributed by atoms with Gasteiger partial charge in [0.1, 0.15) is 6.79 Å². The third-order valence-corrected chi connectivity index (χ3v) is 3.08. The Balaban J connectivity index is 2.38. The highest BCUT2D eigenvalue weighted by Crippen LogP contribution is 2.14. The molecule has 0 unspecified atom stereocenters. The molecule has 114 valence electrons. The monoisotopic (exact) mass is 282 g/mol. The lowest BCUT2D eigenvalue weighted by Crippen LogP contribution is -2.22. The quantitative estimate of drug-likeness (QED) is 0.634. The van der Waals surface area contributed by atoms with Crippen molar-refractivity contribution in [2.24, 2.45) is 0 Å². The van der Waals surface area contributed by atoms with E-state index >= 15 is 0 Å². The molecule has 0 aliphatic carbocycles. The van der Waals surface area contributed by atoms with Gasteiger partial charge >= 0.3 is 0 Å². The van der Waals surface area contributed by atoms with Crippen molar-refractivity contribution in [1.29, 1.82) is 0 Å². The summed E-state index contributed by atoms with van der Waals surface area (Å²) in [6, 6.07) is 10.1. The second-order valence-corrected chi connectivity index (χ2v) is 4.90. The molecule has 1 rings (SSSR count). The van der Waals surface area contributed by atoms with Crippen LogP contribution in [0.5, 0.6) is 0 Å². The van der Waals surface area contributed by atoms with Crippen molar-refractivity contribution >= 4 is 0 Å². The molecule has 1 aromatic rings. The van der Waals surface area contributed by atoms with Gasteiger partial charge in [-0.15, -0.1) is 0 Å². The summed E-state index contributed by atoms with van der Waals surface area (Å²) in [5.41, 5.74) is 1.16. The number of aliphatic hydroxyl groups excluding tert-OH is 1. The number of ether oxygens (including phenoxy) is 3. The number of hydrogen-bond acceptors (Lipinski definition) is 4. The van der Waals surface area contributed by atoms with E-state index < -0.39 is 0 Å². The molecule has 1 aromatic carbocycles. The van der Waals surface area contributed by atoms with Gasteiger partial charge in [-0.25, -0.2) is 0 Å². The molecular formula is C16H26O4. The smallest absolute Gasteiger partial charge is 0.146 e. The Morgan fingerprint density at radius 2 is 1.90 bits per heavy atom. The first-order valence-electron chi connectivity index (χ1n) is 7.13. The maximum atomic E-state index is 8.97. The molecule has 0 aromatic heterocycles. The Hall–Kier alpha value is -0.940. The highest BCUT2D eigenvalue weighted by atomic mass is 16.7. The van der Waals surface area contributed by atoms with Crippen molar-refractivity contribution in [3.05, 3.63) is 35.9 Å². The molecule has 0 radical (unpaired) electrons. The summed E-state index contributed by atoms with van der Waals surface area (Å²) in [5.74, 6) is 0. The van der Waals surface area contributed by atoms with Crippen molar-refractivity contribution in [3.63, 3.8) is 0 Å². The van der Waals surface area contributed by atoms with Crippen molar-refractivity contribution in [3.8, 4) is 0 Å². The fraction of sp³-hybridized carbons (Fsp3) is 0.625. The minimum atomic E-state index is 0.0782. The molecule has 4 nitrogen and oxygen atoms in total. The Kier molecular flexibility index (Phi) is 9.24. The fourth-order valence-corrected chi connectivity index (χ4v) is 2.00. The van der Waals surface area contributed by atoms with E-state index in [0.29, 0.717) is 13.4 Å². The zero-order chi connectivity index (χ0) is 14.6. The Morgan fingerprint density at radius 1 is 1.15 bits per heavy atom. The van der Waals surface area contributed by atoms with E-state index in [9.17, 15) is 0 Å². The van der Waals surface area contributed by atoms with Crippen LogP contribution >= 0.6 is 0 Å². The van der Waals surface area contributed by atoms with Crippen LogP contribution in [0, 0.1) is 0 Å². The highest BCUT2D eigenvalue weighted by Gasteiger charge is 2.14. The molecule has 0 heterocycles. The standard InChI is InChI=1S/C16H26O4/c1-14(20-13-18-2)11-16(9-6-10-17)19-12-15-7-4-3-5-8-15/h3-5,7-8,14,16-17H,6,9-13H2,1-2H3/t14-,16+/m0/s1. The first kappa shape index (κ1) is 17.1. The molecule has 0 saturated heterocycles. The summed E-state index contributed by atoms with van der Waals surface area (Å²) in [4.78, 5) is 0. The van der Waals surface area contributed by atoms with Gasteiger partial charge in [0.2, 0.25) is 0 Å². The summed E-state index contributed by atoms with van der Waals surface area (Å²) in [5, 5.41) is 8.97. The number of benzene rings is 1. The van der Waals surface area contributed by atoms with Gasteiger partial charge in [0.25, 0.3) is 0 Å². The summed E-state index contributed by atoms with van der Waals surface area (Å²) in [7, 11) is 1.61. The van der Waals surface area contributed by atoms with E-state index in [0.717, 1.165) is 24.8 Å². The predicted molar refractivity (Wildman–Crippen MR) is 78.4 cm³/mol. The van der Waals surface area contributed by atoms with Crippen LogP contribution in [0.25, 0.3) is 0 Å². The van der Waals surface area contributed by atoms with Crippen LogP contribution in [0.1, 0.15) is 31.7 Å². The second kappa shape index (κ2) is 10.8. The van der Waals surface area contributed by atoms with E-state index in [4.69, 9.17) is 19.3 Å². The average Bonchev–Trinajstić information content (AvgIpc) is 2.49. The maximum Gasteiger partial charge on any atom is 0.146 e. The van der Waals surface area contributed by atoms with Gasteiger partial charge in [0, 0.05) is 13.7 Å². The highest BCUT2D eigenvalue weighted by molar-refractivity contribution is 5.13. The Morgan fingerprint density at radius 3 is 2.55 bits per heavy atom. The minimum absolute atomic E-state index is 0.0782. The van der Waals surface area contributed by atoms with E-state index in [1.54, 1.807) is 7.11 Å². The van der Waals surface area contributed by atoms with Crippen LogP contribution in [-0.4, -0.2) is 37.8 Å². The van der Waals surface area contributed by atoms with Gasteiger partial charge in [-0.3, -0.25) is 0 Å². The number of methoxy groups -OCH3 is 1. The molecule has 0 bridgehead atoms. The molecule has 0 amide bonds. The van der Waals surface area contributed by atoms with Crippen molar-refractivity contribution < 1.29 is 19.3 Å². The maximum absolute atomic E-state index is 8.97. The SMILES string of the molecule is COCO[C@@H](C)C[C@@H](CCCO)OCc1ccccc1. The lowest BCUT2D eigenvalue weighted by atomic mass is 10.1. The molecule has 4 heteroatoms. The Labute approximate surface area is 121 Å². The van der Waals surface area contributed by atoms with Gasteiger partial charge < -0.3 is 19.3 Å². The zero-order valence-corrected chi connectivity index (χ0v) is 12.5. The topological polar surface area (TPSA) is 47.9 Å². The largest absolute Gasteiger partial charge is 0.396 e. The molecule has 0 aliphatic heterocycles. The van der Waals surface area contributed by atoms with Gasteiger partial charge in [0.05, 0.1) is 18.8 Å². The predicted octanol–water partition coefficient (Wildman–Crippen LogP) is 2.74. The third kappa shape index (κ3) is 7.60. The lowest BCUT2D eigenvalue weighted by molar-refractivity contribution is -0.0871. The van der Waals surface area contributed by atoms with Crippen LogP contribution in [0.3, 0.4) is 0 Å². The van der Waals surface area contributed by atoms with E-state index in [1.165, 1.54) is 0 Å². The molecule has 20 heavy (non-hydrogen) atoms. The number of hydrogen-bond donors (Lipinski definition) is 1. The Bertz CT molecular complexity index is 329. The summed E-state index contributed by atoms with van der Waals surface area (Å²) < 4.78 is 16.3. The minimum Gasteiger partial charge on any atom is -0.396 e. The molecule has 0 saturated carbocycles. The number of rotatable bonds is 11. The fourth-order valence-electron chi connectivity index (χ4n) is 2.00. The van der Waals surface area contributed by atoms with Crippen LogP contribution in [0.15, 0.2) is 30.3 Å². The molecule has 1 N–H and O–H groups in total. The van der Waals surface area contributed by atoms with E-state index in [1.807, 2.05) is 37.3 Å². The van der Waals surface area contributed by atoms with Gasteiger partial charge in [-0.1, -0.05) is 30.3 Å². The van der Waals surface area contributed by atoms with Gasteiger partial charge in [-0.05, 0) is 31.7 Å². The summed E-state index contributed by atoms with van der Waals surface area (Å²) in [6.07, 6.45) is 2.56. The summed E-state index contributed by atoms with van der Waals surface area (Å²) >= 11 is 0. The second-order valence-electron chi connectivity index (χ2n) is 4.90. The normalized spacial score (nSPS) is 14.2. The third-order valence-electron chi connectivity index (χ3n) is 3.08. The molecule has 0 aliphatic rings. The lowest BCUT2D eigenvalue weighted by Gasteiger charge is -2.21. The van der Waals surface area contributed by atoms with Gasteiger partial charge in [-0.2, -0.15) is 0 Å². The number of aliphatic hydroxyl groups is 1. The first-order valence-corrected chi connectivity index (χ1v) is 7.13. The van der Waals surface area contributed by atoms with Gasteiger partial charge in [0.15, 0.2) is 0 Å². The van der Waals surface area contributed by atoms with E-state index in [2.05, 4.69) is 0 Å². The van der Waals surface area contributed by atoms with Crippen molar-refractivity contribution in [2.45, 2.75) is 45.0 Å². The van der Waals surface area contributed by atoms with Crippen LogP contribution in [-0.2, 0) is 20.8 Å². The molecule has 2 atom stereocenters. The molecular weight excluding hydrogens is 256 g/mol. The zero-order valence-electron chi connectivity index (χ0n) is 12.5. The van der Waals surface area contributed by atoms with Crippen LogP contribution in [0.4, 0.5) is 0 Å². The summed E-state index contributed by atoms with van der Waals surface area (Å²) in [6.45, 7) is 3.09. The first-order chi connectivity index (χ1) is 9.76. The van der Waals surface area contributed by atoms with Crippen LogP contribution < -0.4 is 0 Å².